The molecule has 1 fully saturated rings. The van der Waals surface area contributed by atoms with E-state index in [0.717, 1.165) is 12.0 Å². The van der Waals surface area contributed by atoms with Gasteiger partial charge in [-0.05, 0) is 12.5 Å². The van der Waals surface area contributed by atoms with Crippen LogP contribution < -0.4 is 0 Å². The summed E-state index contributed by atoms with van der Waals surface area (Å²) in [6.07, 6.45) is 0.870. The molecule has 0 spiro atoms. The molecule has 0 N–H and O–H groups in total. The van der Waals surface area contributed by atoms with Gasteiger partial charge in [-0.15, -0.1) is 0 Å². The van der Waals surface area contributed by atoms with Crippen LogP contribution in [0.25, 0.3) is 0 Å². The first-order chi connectivity index (χ1) is 9.88. The molecule has 21 heavy (non-hydrogen) atoms. The summed E-state index contributed by atoms with van der Waals surface area (Å²) in [6.45, 7) is 8.93. The predicted molar refractivity (Wildman–Crippen MR) is 83.0 cm³/mol. The van der Waals surface area contributed by atoms with Gasteiger partial charge in [-0.2, -0.15) is 0 Å². The largest absolute Gasteiger partial charge is 0.378 e. The highest BCUT2D eigenvalue weighted by atomic mass is 16.5. The number of hydrogen-bond acceptors (Lipinski definition) is 3. The zero-order chi connectivity index (χ0) is 15.5. The third-order valence-electron chi connectivity index (χ3n) is 3.96. The Morgan fingerprint density at radius 1 is 1.29 bits per heavy atom. The lowest BCUT2D eigenvalue weighted by atomic mass is 9.79. The number of benzene rings is 1. The van der Waals surface area contributed by atoms with Gasteiger partial charge in [0.1, 0.15) is 5.78 Å². The van der Waals surface area contributed by atoms with E-state index in [1.807, 2.05) is 58.0 Å². The first kappa shape index (κ1) is 16.2. The third kappa shape index (κ3) is 4.39. The zero-order valence-corrected chi connectivity index (χ0v) is 13.5. The summed E-state index contributed by atoms with van der Waals surface area (Å²) < 4.78 is 11.8. The number of ketones is 1. The van der Waals surface area contributed by atoms with Crippen LogP contribution in [0.5, 0.6) is 0 Å². The molecule has 0 aliphatic carbocycles. The Bertz CT molecular complexity index is 461. The van der Waals surface area contributed by atoms with Crippen molar-refractivity contribution in [2.75, 3.05) is 6.61 Å². The third-order valence-corrected chi connectivity index (χ3v) is 3.96. The Hall–Kier alpha value is -1.19. The average molecular weight is 290 g/mol. The molecule has 0 amide bonds. The minimum absolute atomic E-state index is 0.0549. The Morgan fingerprint density at radius 3 is 2.57 bits per heavy atom. The van der Waals surface area contributed by atoms with Crippen molar-refractivity contribution in [3.63, 3.8) is 0 Å². The van der Waals surface area contributed by atoms with E-state index in [2.05, 4.69) is 0 Å². The topological polar surface area (TPSA) is 35.5 Å². The summed E-state index contributed by atoms with van der Waals surface area (Å²) in [6, 6.07) is 10.1. The molecule has 3 nitrogen and oxygen atoms in total. The minimum atomic E-state index is -0.358. The molecule has 1 aromatic carbocycles. The number of ether oxygens (including phenoxy) is 2. The van der Waals surface area contributed by atoms with Crippen molar-refractivity contribution in [3.8, 4) is 0 Å². The van der Waals surface area contributed by atoms with Crippen molar-refractivity contribution >= 4 is 5.78 Å². The van der Waals surface area contributed by atoms with E-state index >= 15 is 0 Å². The summed E-state index contributed by atoms with van der Waals surface area (Å²) in [7, 11) is 0. The van der Waals surface area contributed by atoms with Crippen molar-refractivity contribution in [3.05, 3.63) is 35.9 Å². The molecule has 3 atom stereocenters. The molecular weight excluding hydrogens is 264 g/mol. The van der Waals surface area contributed by atoms with Crippen LogP contribution >= 0.6 is 0 Å². The van der Waals surface area contributed by atoms with Crippen molar-refractivity contribution < 1.29 is 14.3 Å². The molecule has 0 radical (unpaired) electrons. The number of carbonyl (C=O) groups excluding carboxylic acids is 1. The van der Waals surface area contributed by atoms with E-state index < -0.39 is 0 Å². The van der Waals surface area contributed by atoms with Crippen LogP contribution in [0.1, 0.15) is 39.7 Å². The maximum Gasteiger partial charge on any atom is 0.146 e. The number of hydrogen-bond donors (Lipinski definition) is 0. The second-order valence-corrected chi connectivity index (χ2v) is 6.94. The number of carbonyl (C=O) groups is 1. The van der Waals surface area contributed by atoms with E-state index in [0.29, 0.717) is 13.2 Å². The van der Waals surface area contributed by atoms with Crippen molar-refractivity contribution in [1.29, 1.82) is 0 Å². The van der Waals surface area contributed by atoms with Gasteiger partial charge in [0.15, 0.2) is 0 Å². The van der Waals surface area contributed by atoms with E-state index in [4.69, 9.17) is 9.47 Å². The van der Waals surface area contributed by atoms with E-state index in [1.165, 1.54) is 0 Å². The second-order valence-electron chi connectivity index (χ2n) is 6.94. The number of rotatable bonds is 4. The van der Waals surface area contributed by atoms with Crippen LogP contribution in [-0.2, 0) is 20.9 Å². The normalized spacial score (nSPS) is 26.6. The van der Waals surface area contributed by atoms with Gasteiger partial charge in [0.25, 0.3) is 0 Å². The van der Waals surface area contributed by atoms with Crippen LogP contribution in [0.4, 0.5) is 0 Å². The molecule has 1 aromatic rings. The molecule has 0 aromatic heterocycles. The Kier molecular flexibility index (Phi) is 5.17. The van der Waals surface area contributed by atoms with Gasteiger partial charge in [-0.25, -0.2) is 0 Å². The predicted octanol–water partition coefficient (Wildman–Crippen LogP) is 3.61. The van der Waals surface area contributed by atoms with Crippen LogP contribution in [0.15, 0.2) is 30.3 Å². The summed E-state index contributed by atoms with van der Waals surface area (Å²) in [5.74, 6) is 0.0670. The van der Waals surface area contributed by atoms with Crippen molar-refractivity contribution in [1.82, 2.24) is 0 Å². The average Bonchev–Trinajstić information content (AvgIpc) is 2.45. The zero-order valence-electron chi connectivity index (χ0n) is 13.5. The molecule has 1 heterocycles. The maximum absolute atomic E-state index is 12.6. The van der Waals surface area contributed by atoms with E-state index in [9.17, 15) is 4.79 Å². The van der Waals surface area contributed by atoms with Gasteiger partial charge in [0, 0.05) is 11.8 Å². The molecule has 116 valence electrons. The number of Topliss-reactive ketones (excluding diaryl/α,β-unsaturated/α-hetero) is 1. The highest BCUT2D eigenvalue weighted by Crippen LogP contribution is 2.30. The highest BCUT2D eigenvalue weighted by Gasteiger charge is 2.39. The summed E-state index contributed by atoms with van der Waals surface area (Å²) >= 11 is 0. The van der Waals surface area contributed by atoms with E-state index in [1.54, 1.807) is 0 Å². The van der Waals surface area contributed by atoms with Gasteiger partial charge >= 0.3 is 0 Å². The summed E-state index contributed by atoms with van der Waals surface area (Å²) in [5, 5.41) is 0. The van der Waals surface area contributed by atoms with Crippen molar-refractivity contribution in [2.24, 2.45) is 11.3 Å². The molecule has 1 saturated heterocycles. The Labute approximate surface area is 127 Å². The lowest BCUT2D eigenvalue weighted by molar-refractivity contribution is -0.153. The van der Waals surface area contributed by atoms with Crippen LogP contribution in [0, 0.1) is 11.3 Å². The Balaban J connectivity index is 2.03. The molecule has 3 heteroatoms. The molecule has 1 aliphatic rings. The Morgan fingerprint density at radius 2 is 1.95 bits per heavy atom. The monoisotopic (exact) mass is 290 g/mol. The summed E-state index contributed by atoms with van der Waals surface area (Å²) in [4.78, 5) is 12.6. The first-order valence-electron chi connectivity index (χ1n) is 7.69. The fraction of sp³-hybridized carbons (Fsp3) is 0.611. The van der Waals surface area contributed by atoms with E-state index in [-0.39, 0.29) is 29.3 Å². The van der Waals surface area contributed by atoms with Gasteiger partial charge in [-0.3, -0.25) is 4.79 Å². The van der Waals surface area contributed by atoms with Gasteiger partial charge < -0.3 is 9.47 Å². The SMILES string of the molecule is C[C@@H]1C[C@@H](OCc2ccccc2)[C@@H](C(=O)C(C)(C)C)CO1. The lowest BCUT2D eigenvalue weighted by Gasteiger charge is -2.36. The first-order valence-corrected chi connectivity index (χ1v) is 7.69. The van der Waals surface area contributed by atoms with Crippen molar-refractivity contribution in [2.45, 2.75) is 52.9 Å². The van der Waals surface area contributed by atoms with Gasteiger partial charge in [0.05, 0.1) is 31.3 Å². The lowest BCUT2D eigenvalue weighted by Crippen LogP contribution is -2.45. The standard InChI is InChI=1S/C18H26O3/c1-13-10-16(21-11-14-8-6-5-7-9-14)15(12-20-13)17(19)18(2,3)4/h5-9,13,15-16H,10-12H2,1-4H3/t13-,15+,16-/m1/s1. The molecule has 0 bridgehead atoms. The molecule has 0 saturated carbocycles. The van der Waals surface area contributed by atoms with Crippen LogP contribution in [-0.4, -0.2) is 24.6 Å². The fourth-order valence-electron chi connectivity index (χ4n) is 2.70. The molecule has 2 rings (SSSR count). The quantitative estimate of drug-likeness (QED) is 0.849. The van der Waals surface area contributed by atoms with Crippen LogP contribution in [0.2, 0.25) is 0 Å². The summed E-state index contributed by atoms with van der Waals surface area (Å²) in [5.41, 5.74) is 0.779. The van der Waals surface area contributed by atoms with Crippen LogP contribution in [0.3, 0.4) is 0 Å². The molecule has 0 unspecified atom stereocenters. The molecule has 1 aliphatic heterocycles. The highest BCUT2D eigenvalue weighted by molar-refractivity contribution is 5.86. The minimum Gasteiger partial charge on any atom is -0.378 e. The van der Waals surface area contributed by atoms with Gasteiger partial charge in [0.2, 0.25) is 0 Å². The maximum atomic E-state index is 12.6. The second kappa shape index (κ2) is 6.71. The fourth-order valence-corrected chi connectivity index (χ4v) is 2.70. The van der Waals surface area contributed by atoms with Gasteiger partial charge in [-0.1, -0.05) is 51.1 Å². The smallest absolute Gasteiger partial charge is 0.146 e. The molecular formula is C18H26O3.